The summed E-state index contributed by atoms with van der Waals surface area (Å²) < 4.78 is 10.8. The predicted octanol–water partition coefficient (Wildman–Crippen LogP) is 5.28. The number of nitrogens with one attached hydrogen (secondary N) is 1. The van der Waals surface area contributed by atoms with E-state index in [1.54, 1.807) is 24.3 Å². The molecular formula is C17H9Cl3N2O3. The summed E-state index contributed by atoms with van der Waals surface area (Å²) >= 11 is 17.7. The number of rotatable bonds is 4. The van der Waals surface area contributed by atoms with Crippen LogP contribution in [0.25, 0.3) is 11.0 Å². The topological polar surface area (TPSA) is 75.3 Å². The second-order valence-electron chi connectivity index (χ2n) is 4.95. The van der Waals surface area contributed by atoms with Crippen molar-refractivity contribution in [1.29, 1.82) is 5.26 Å². The molecule has 0 aliphatic rings. The number of furan rings is 1. The molecule has 0 saturated carbocycles. The van der Waals surface area contributed by atoms with Crippen LogP contribution in [-0.4, -0.2) is 12.5 Å². The molecule has 0 saturated heterocycles. The zero-order chi connectivity index (χ0) is 18.0. The van der Waals surface area contributed by atoms with Crippen LogP contribution in [0, 0.1) is 11.3 Å². The molecule has 126 valence electrons. The molecule has 8 heteroatoms. The minimum absolute atomic E-state index is 0.0159. The molecule has 1 heterocycles. The molecule has 0 radical (unpaired) electrons. The van der Waals surface area contributed by atoms with Gasteiger partial charge in [-0.3, -0.25) is 4.79 Å². The van der Waals surface area contributed by atoms with Gasteiger partial charge in [0.2, 0.25) is 5.76 Å². The van der Waals surface area contributed by atoms with Gasteiger partial charge in [-0.05, 0) is 18.2 Å². The lowest BCUT2D eigenvalue weighted by Gasteiger charge is -2.09. The molecule has 5 nitrogen and oxygen atoms in total. The van der Waals surface area contributed by atoms with E-state index in [1.165, 1.54) is 12.1 Å². The number of benzene rings is 2. The summed E-state index contributed by atoms with van der Waals surface area (Å²) in [5.41, 5.74) is 0.801. The Bertz CT molecular complexity index is 1010. The number of nitrogens with zero attached hydrogens (tertiary/aromatic N) is 1. The first kappa shape index (κ1) is 17.4. The first-order valence-corrected chi connectivity index (χ1v) is 8.12. The highest BCUT2D eigenvalue weighted by atomic mass is 35.5. The third-order valence-corrected chi connectivity index (χ3v) is 4.31. The Morgan fingerprint density at radius 1 is 1.16 bits per heavy atom. The van der Waals surface area contributed by atoms with Crippen molar-refractivity contribution >= 4 is 57.4 Å². The largest absolute Gasteiger partial charge is 0.482 e. The summed E-state index contributed by atoms with van der Waals surface area (Å²) in [6.07, 6.45) is 0. The lowest BCUT2D eigenvalue weighted by Crippen LogP contribution is -2.20. The van der Waals surface area contributed by atoms with E-state index in [4.69, 9.17) is 49.2 Å². The molecule has 0 aliphatic carbocycles. The standard InChI is InChI=1S/C17H9Cl3N2O3/c18-10-5-12(20)14(6-11(10)19)24-8-16(23)22-17-9-3-1-2-4-13(9)25-15(17)7-21/h1-6H,8H2,(H,22,23). The third kappa shape index (κ3) is 3.67. The van der Waals surface area contributed by atoms with Crippen molar-refractivity contribution in [3.63, 3.8) is 0 Å². The molecule has 0 fully saturated rings. The number of nitriles is 1. The van der Waals surface area contributed by atoms with Gasteiger partial charge in [-0.15, -0.1) is 0 Å². The molecule has 1 N–H and O–H groups in total. The van der Waals surface area contributed by atoms with Crippen LogP contribution in [0.3, 0.4) is 0 Å². The zero-order valence-electron chi connectivity index (χ0n) is 12.5. The van der Waals surface area contributed by atoms with E-state index in [0.717, 1.165) is 0 Å². The number of carbonyl (C=O) groups is 1. The molecular weight excluding hydrogens is 387 g/mol. The van der Waals surface area contributed by atoms with Crippen molar-refractivity contribution in [3.8, 4) is 11.8 Å². The number of halogens is 3. The van der Waals surface area contributed by atoms with Gasteiger partial charge in [0.1, 0.15) is 23.1 Å². The van der Waals surface area contributed by atoms with Gasteiger partial charge in [-0.1, -0.05) is 46.9 Å². The molecule has 0 atom stereocenters. The summed E-state index contributed by atoms with van der Waals surface area (Å²) in [4.78, 5) is 12.2. The number of para-hydroxylation sites is 1. The number of hydrogen-bond donors (Lipinski definition) is 1. The number of ether oxygens (including phenoxy) is 1. The van der Waals surface area contributed by atoms with Gasteiger partial charge in [0.05, 0.1) is 15.1 Å². The van der Waals surface area contributed by atoms with Gasteiger partial charge in [-0.2, -0.15) is 5.26 Å². The molecule has 0 unspecified atom stereocenters. The second-order valence-corrected chi connectivity index (χ2v) is 6.17. The highest BCUT2D eigenvalue weighted by molar-refractivity contribution is 6.43. The molecule has 3 rings (SSSR count). The van der Waals surface area contributed by atoms with Crippen molar-refractivity contribution in [1.82, 2.24) is 0 Å². The number of anilines is 1. The van der Waals surface area contributed by atoms with Crippen molar-refractivity contribution in [2.75, 3.05) is 11.9 Å². The summed E-state index contributed by atoms with van der Waals surface area (Å²) in [5, 5.41) is 13.2. The minimum atomic E-state index is -0.481. The van der Waals surface area contributed by atoms with E-state index in [-0.39, 0.29) is 33.2 Å². The zero-order valence-corrected chi connectivity index (χ0v) is 14.7. The Morgan fingerprint density at radius 2 is 1.88 bits per heavy atom. The SMILES string of the molecule is N#Cc1oc2ccccc2c1NC(=O)COc1cc(Cl)c(Cl)cc1Cl. The molecule has 0 aliphatic heterocycles. The first-order chi connectivity index (χ1) is 12.0. The fraction of sp³-hybridized carbons (Fsp3) is 0.0588. The predicted molar refractivity (Wildman–Crippen MR) is 96.5 cm³/mol. The van der Waals surface area contributed by atoms with E-state index in [9.17, 15) is 4.79 Å². The first-order valence-electron chi connectivity index (χ1n) is 6.98. The third-order valence-electron chi connectivity index (χ3n) is 3.30. The Labute approximate surface area is 157 Å². The van der Waals surface area contributed by atoms with Gasteiger partial charge < -0.3 is 14.5 Å². The van der Waals surface area contributed by atoms with E-state index >= 15 is 0 Å². The van der Waals surface area contributed by atoms with Crippen LogP contribution in [0.2, 0.25) is 15.1 Å². The van der Waals surface area contributed by atoms with Gasteiger partial charge in [-0.25, -0.2) is 0 Å². The average molecular weight is 396 g/mol. The summed E-state index contributed by atoms with van der Waals surface area (Å²) in [6.45, 7) is -0.331. The van der Waals surface area contributed by atoms with E-state index in [0.29, 0.717) is 16.7 Å². The van der Waals surface area contributed by atoms with E-state index in [1.807, 2.05) is 6.07 Å². The normalized spacial score (nSPS) is 10.5. The lowest BCUT2D eigenvalue weighted by atomic mass is 10.2. The van der Waals surface area contributed by atoms with Crippen LogP contribution in [0.1, 0.15) is 5.76 Å². The van der Waals surface area contributed by atoms with Crippen LogP contribution in [0.15, 0.2) is 40.8 Å². The van der Waals surface area contributed by atoms with Crippen LogP contribution in [-0.2, 0) is 4.79 Å². The molecule has 1 amide bonds. The maximum Gasteiger partial charge on any atom is 0.262 e. The quantitative estimate of drug-likeness (QED) is 0.610. The molecule has 3 aromatic rings. The highest BCUT2D eigenvalue weighted by Gasteiger charge is 2.17. The Hall–Kier alpha value is -2.39. The monoisotopic (exact) mass is 394 g/mol. The fourth-order valence-corrected chi connectivity index (χ4v) is 2.77. The number of fused-ring (bicyclic) bond motifs is 1. The summed E-state index contributed by atoms with van der Waals surface area (Å²) in [7, 11) is 0. The highest BCUT2D eigenvalue weighted by Crippen LogP contribution is 2.34. The molecule has 25 heavy (non-hydrogen) atoms. The molecule has 0 spiro atoms. The van der Waals surface area contributed by atoms with Gasteiger partial charge in [0.25, 0.3) is 5.91 Å². The maximum absolute atomic E-state index is 12.2. The maximum atomic E-state index is 12.2. The van der Waals surface area contributed by atoms with Crippen LogP contribution < -0.4 is 10.1 Å². The average Bonchev–Trinajstić information content (AvgIpc) is 2.95. The van der Waals surface area contributed by atoms with E-state index < -0.39 is 5.91 Å². The van der Waals surface area contributed by atoms with Crippen molar-refractivity contribution in [2.45, 2.75) is 0 Å². The van der Waals surface area contributed by atoms with Crippen LogP contribution in [0.5, 0.6) is 5.75 Å². The second kappa shape index (κ2) is 7.24. The van der Waals surface area contributed by atoms with Gasteiger partial charge in [0.15, 0.2) is 6.61 Å². The minimum Gasteiger partial charge on any atom is -0.482 e. The van der Waals surface area contributed by atoms with Crippen LogP contribution in [0.4, 0.5) is 5.69 Å². The van der Waals surface area contributed by atoms with Crippen molar-refractivity contribution < 1.29 is 13.9 Å². The molecule has 0 bridgehead atoms. The fourth-order valence-electron chi connectivity index (χ4n) is 2.18. The lowest BCUT2D eigenvalue weighted by molar-refractivity contribution is -0.118. The van der Waals surface area contributed by atoms with Crippen LogP contribution >= 0.6 is 34.8 Å². The number of hydrogen-bond acceptors (Lipinski definition) is 4. The smallest absolute Gasteiger partial charge is 0.262 e. The Balaban J connectivity index is 1.76. The van der Waals surface area contributed by atoms with Gasteiger partial charge >= 0.3 is 0 Å². The molecule has 1 aromatic heterocycles. The van der Waals surface area contributed by atoms with Gasteiger partial charge in [0, 0.05) is 11.5 Å². The summed E-state index contributed by atoms with van der Waals surface area (Å²) in [5.74, 6) is -0.240. The Morgan fingerprint density at radius 3 is 2.64 bits per heavy atom. The number of carbonyl (C=O) groups excluding carboxylic acids is 1. The van der Waals surface area contributed by atoms with E-state index in [2.05, 4.69) is 5.32 Å². The number of amides is 1. The van der Waals surface area contributed by atoms with Crippen molar-refractivity contribution in [2.24, 2.45) is 0 Å². The Kier molecular flexibility index (Phi) is 5.05. The molecule has 2 aromatic carbocycles. The summed E-state index contributed by atoms with van der Waals surface area (Å²) in [6, 6.07) is 11.8. The van der Waals surface area contributed by atoms with Crippen molar-refractivity contribution in [3.05, 3.63) is 57.2 Å².